The molecule has 0 atom stereocenters. The summed E-state index contributed by atoms with van der Waals surface area (Å²) in [5.74, 6) is 0.999. The smallest absolute Gasteiger partial charge is 0.226 e. The van der Waals surface area contributed by atoms with Crippen molar-refractivity contribution in [1.82, 2.24) is 0 Å². The Bertz CT molecular complexity index is 766. The molecule has 0 aliphatic rings. The minimum atomic E-state index is -0.113. The van der Waals surface area contributed by atoms with E-state index in [1.165, 1.54) is 7.11 Å². The van der Waals surface area contributed by atoms with Gasteiger partial charge in [-0.15, -0.1) is 0 Å². The molecule has 0 heterocycles. The standard InChI is InChI=1S/C18H20Cl2N2O3/c1-11-12(19)5-4-6-14(11)22-18(23)7-8-21-15-10-16(24-2)13(20)9-17(15)25-3/h4-6,9-10,21H,7-8H2,1-3H3,(H,22,23). The minimum absolute atomic E-state index is 0.113. The van der Waals surface area contributed by atoms with Crippen molar-refractivity contribution in [3.8, 4) is 11.5 Å². The number of nitrogens with one attached hydrogen (secondary N) is 2. The van der Waals surface area contributed by atoms with Gasteiger partial charge in [0.1, 0.15) is 11.5 Å². The van der Waals surface area contributed by atoms with E-state index in [1.807, 2.05) is 13.0 Å². The molecular formula is C18H20Cl2N2O3. The molecule has 134 valence electrons. The lowest BCUT2D eigenvalue weighted by molar-refractivity contribution is -0.115. The third-order valence-electron chi connectivity index (χ3n) is 3.68. The van der Waals surface area contributed by atoms with Crippen LogP contribution in [0.25, 0.3) is 0 Å². The number of hydrogen-bond acceptors (Lipinski definition) is 4. The lowest BCUT2D eigenvalue weighted by atomic mass is 10.2. The molecular weight excluding hydrogens is 363 g/mol. The number of halogens is 2. The molecule has 0 unspecified atom stereocenters. The summed E-state index contributed by atoms with van der Waals surface area (Å²) in [6.45, 7) is 2.29. The van der Waals surface area contributed by atoms with E-state index in [0.717, 1.165) is 5.56 Å². The Kier molecular flexibility index (Phi) is 6.79. The molecule has 0 aliphatic carbocycles. The van der Waals surface area contributed by atoms with Crippen molar-refractivity contribution in [2.45, 2.75) is 13.3 Å². The monoisotopic (exact) mass is 382 g/mol. The predicted molar refractivity (Wildman–Crippen MR) is 102 cm³/mol. The normalized spacial score (nSPS) is 10.3. The summed E-state index contributed by atoms with van der Waals surface area (Å²) in [5.41, 5.74) is 2.26. The lowest BCUT2D eigenvalue weighted by Gasteiger charge is -2.14. The molecule has 0 aromatic heterocycles. The summed E-state index contributed by atoms with van der Waals surface area (Å²) in [4.78, 5) is 12.1. The van der Waals surface area contributed by atoms with Crippen molar-refractivity contribution < 1.29 is 14.3 Å². The number of carbonyl (C=O) groups excluding carboxylic acids is 1. The summed E-state index contributed by atoms with van der Waals surface area (Å²) in [7, 11) is 3.09. The van der Waals surface area contributed by atoms with Crippen molar-refractivity contribution in [3.05, 3.63) is 45.9 Å². The van der Waals surface area contributed by atoms with E-state index in [9.17, 15) is 4.79 Å². The molecule has 7 heteroatoms. The Morgan fingerprint density at radius 1 is 1.04 bits per heavy atom. The molecule has 5 nitrogen and oxygen atoms in total. The number of hydrogen-bond donors (Lipinski definition) is 2. The van der Waals surface area contributed by atoms with Gasteiger partial charge in [0.15, 0.2) is 0 Å². The van der Waals surface area contributed by atoms with Crippen LogP contribution >= 0.6 is 23.2 Å². The highest BCUT2D eigenvalue weighted by Crippen LogP contribution is 2.35. The van der Waals surface area contributed by atoms with Crippen LogP contribution in [0.15, 0.2) is 30.3 Å². The zero-order valence-corrected chi connectivity index (χ0v) is 15.8. The van der Waals surface area contributed by atoms with Crippen LogP contribution in [0.2, 0.25) is 10.0 Å². The van der Waals surface area contributed by atoms with E-state index in [2.05, 4.69) is 10.6 Å². The Morgan fingerprint density at radius 2 is 1.76 bits per heavy atom. The fourth-order valence-corrected chi connectivity index (χ4v) is 2.67. The molecule has 1 amide bonds. The summed E-state index contributed by atoms with van der Waals surface area (Å²) >= 11 is 12.1. The average Bonchev–Trinajstić information content (AvgIpc) is 2.59. The number of carbonyl (C=O) groups is 1. The highest BCUT2D eigenvalue weighted by atomic mass is 35.5. The first-order valence-corrected chi connectivity index (χ1v) is 8.42. The van der Waals surface area contributed by atoms with Crippen LogP contribution in [-0.2, 0) is 4.79 Å². The fourth-order valence-electron chi connectivity index (χ4n) is 2.26. The van der Waals surface area contributed by atoms with Crippen molar-refractivity contribution in [2.24, 2.45) is 0 Å². The lowest BCUT2D eigenvalue weighted by Crippen LogP contribution is -2.17. The summed E-state index contributed by atoms with van der Waals surface area (Å²) in [6.07, 6.45) is 0.278. The molecule has 25 heavy (non-hydrogen) atoms. The van der Waals surface area contributed by atoms with Gasteiger partial charge >= 0.3 is 0 Å². The van der Waals surface area contributed by atoms with Gasteiger partial charge < -0.3 is 20.1 Å². The van der Waals surface area contributed by atoms with Gasteiger partial charge in [-0.25, -0.2) is 0 Å². The first-order valence-electron chi connectivity index (χ1n) is 7.66. The third kappa shape index (κ3) is 4.94. The molecule has 2 rings (SSSR count). The van der Waals surface area contributed by atoms with Crippen molar-refractivity contribution in [3.63, 3.8) is 0 Å². The summed E-state index contributed by atoms with van der Waals surface area (Å²) in [6, 6.07) is 8.81. The number of benzene rings is 2. The zero-order valence-electron chi connectivity index (χ0n) is 14.3. The van der Waals surface area contributed by atoms with Crippen LogP contribution in [0, 0.1) is 6.92 Å². The maximum absolute atomic E-state index is 12.1. The predicted octanol–water partition coefficient (Wildman–Crippen LogP) is 4.76. The molecule has 2 aromatic rings. The fraction of sp³-hybridized carbons (Fsp3) is 0.278. The van der Waals surface area contributed by atoms with Crippen LogP contribution in [0.3, 0.4) is 0 Å². The molecule has 0 bridgehead atoms. The van der Waals surface area contributed by atoms with Crippen LogP contribution in [0.4, 0.5) is 11.4 Å². The molecule has 2 aromatic carbocycles. The van der Waals surface area contributed by atoms with Gasteiger partial charge in [-0.1, -0.05) is 29.3 Å². The van der Waals surface area contributed by atoms with Gasteiger partial charge in [-0.3, -0.25) is 4.79 Å². The van der Waals surface area contributed by atoms with Crippen molar-refractivity contribution in [1.29, 1.82) is 0 Å². The molecule has 0 saturated carbocycles. The largest absolute Gasteiger partial charge is 0.495 e. The number of methoxy groups -OCH3 is 2. The summed E-state index contributed by atoms with van der Waals surface area (Å²) in [5, 5.41) is 7.09. The van der Waals surface area contributed by atoms with E-state index < -0.39 is 0 Å². The van der Waals surface area contributed by atoms with E-state index >= 15 is 0 Å². The molecule has 0 radical (unpaired) electrons. The minimum Gasteiger partial charge on any atom is -0.495 e. The Balaban J connectivity index is 1.96. The average molecular weight is 383 g/mol. The Morgan fingerprint density at radius 3 is 2.44 bits per heavy atom. The first kappa shape index (κ1) is 19.2. The first-order chi connectivity index (χ1) is 12.0. The SMILES string of the molecule is COc1cc(NCCC(=O)Nc2cccc(Cl)c2C)c(OC)cc1Cl. The molecule has 0 fully saturated rings. The number of rotatable bonds is 7. The van der Waals surface area contributed by atoms with Gasteiger partial charge in [-0.2, -0.15) is 0 Å². The van der Waals surface area contributed by atoms with Crippen LogP contribution in [0.5, 0.6) is 11.5 Å². The van der Waals surface area contributed by atoms with Crippen LogP contribution < -0.4 is 20.1 Å². The Labute approximate surface area is 157 Å². The van der Waals surface area contributed by atoms with E-state index in [1.54, 1.807) is 31.4 Å². The summed E-state index contributed by atoms with van der Waals surface area (Å²) < 4.78 is 10.5. The molecule has 0 saturated heterocycles. The van der Waals surface area contributed by atoms with Crippen molar-refractivity contribution in [2.75, 3.05) is 31.4 Å². The number of ether oxygens (including phenoxy) is 2. The third-order valence-corrected chi connectivity index (χ3v) is 4.39. The second kappa shape index (κ2) is 8.83. The van der Waals surface area contributed by atoms with Gasteiger partial charge in [0, 0.05) is 35.8 Å². The van der Waals surface area contributed by atoms with Gasteiger partial charge in [-0.05, 0) is 24.6 Å². The van der Waals surface area contributed by atoms with E-state index in [0.29, 0.717) is 39.5 Å². The number of amides is 1. The van der Waals surface area contributed by atoms with E-state index in [4.69, 9.17) is 32.7 Å². The van der Waals surface area contributed by atoms with E-state index in [-0.39, 0.29) is 12.3 Å². The molecule has 0 spiro atoms. The molecule has 0 aliphatic heterocycles. The molecule has 2 N–H and O–H groups in total. The van der Waals surface area contributed by atoms with Gasteiger partial charge in [0.25, 0.3) is 0 Å². The second-order valence-corrected chi connectivity index (χ2v) is 6.14. The van der Waals surface area contributed by atoms with Crippen LogP contribution in [-0.4, -0.2) is 26.7 Å². The van der Waals surface area contributed by atoms with Crippen molar-refractivity contribution >= 4 is 40.5 Å². The number of anilines is 2. The second-order valence-electron chi connectivity index (χ2n) is 5.32. The zero-order chi connectivity index (χ0) is 18.4. The quantitative estimate of drug-likeness (QED) is 0.724. The maximum Gasteiger partial charge on any atom is 0.226 e. The maximum atomic E-state index is 12.1. The van der Waals surface area contributed by atoms with Gasteiger partial charge in [0.2, 0.25) is 5.91 Å². The highest BCUT2D eigenvalue weighted by molar-refractivity contribution is 6.32. The van der Waals surface area contributed by atoms with Gasteiger partial charge in [0.05, 0.1) is 24.9 Å². The van der Waals surface area contributed by atoms with Crippen LogP contribution in [0.1, 0.15) is 12.0 Å². The topological polar surface area (TPSA) is 59.6 Å². The Hall–Kier alpha value is -2.11. The highest BCUT2D eigenvalue weighted by Gasteiger charge is 2.11.